The second-order valence-corrected chi connectivity index (χ2v) is 6.62. The second kappa shape index (κ2) is 9.64. The minimum absolute atomic E-state index is 0.102. The highest BCUT2D eigenvalue weighted by molar-refractivity contribution is 5.92. The quantitative estimate of drug-likeness (QED) is 0.560. The molecule has 0 fully saturated rings. The van der Waals surface area contributed by atoms with Gasteiger partial charge in [0.1, 0.15) is 5.75 Å². The Balaban J connectivity index is 1.67. The van der Waals surface area contributed by atoms with Crippen molar-refractivity contribution in [2.75, 3.05) is 19.5 Å². The number of benzene rings is 3. The number of ether oxygens (including phenoxy) is 3. The molecule has 29 heavy (non-hydrogen) atoms. The number of carbonyl (C=O) groups is 1. The lowest BCUT2D eigenvalue weighted by atomic mass is 10.1. The molecule has 0 bridgehead atoms. The van der Waals surface area contributed by atoms with E-state index in [0.29, 0.717) is 35.8 Å². The molecular formula is C24H25NO4. The summed E-state index contributed by atoms with van der Waals surface area (Å²) in [5, 5.41) is 2.95. The van der Waals surface area contributed by atoms with Gasteiger partial charge in [-0.25, -0.2) is 0 Å². The summed E-state index contributed by atoms with van der Waals surface area (Å²) in [6, 6.07) is 20.9. The van der Waals surface area contributed by atoms with Crippen LogP contribution in [0.5, 0.6) is 23.0 Å². The van der Waals surface area contributed by atoms with Gasteiger partial charge in [-0.15, -0.1) is 0 Å². The Bertz CT molecular complexity index is 984. The van der Waals surface area contributed by atoms with E-state index in [-0.39, 0.29) is 5.91 Å². The molecule has 0 aliphatic rings. The summed E-state index contributed by atoms with van der Waals surface area (Å²) < 4.78 is 16.7. The fourth-order valence-electron chi connectivity index (χ4n) is 3.08. The summed E-state index contributed by atoms with van der Waals surface area (Å²) in [5.74, 6) is 2.54. The maximum absolute atomic E-state index is 12.6. The Morgan fingerprint density at radius 1 is 0.897 bits per heavy atom. The molecule has 0 aliphatic carbocycles. The molecule has 0 aromatic heterocycles. The van der Waals surface area contributed by atoms with E-state index in [9.17, 15) is 4.79 Å². The van der Waals surface area contributed by atoms with Gasteiger partial charge in [0.25, 0.3) is 0 Å². The van der Waals surface area contributed by atoms with Crippen LogP contribution in [-0.4, -0.2) is 20.1 Å². The van der Waals surface area contributed by atoms with Crippen LogP contribution in [0.3, 0.4) is 0 Å². The fraction of sp³-hybridized carbons (Fsp3) is 0.208. The van der Waals surface area contributed by atoms with E-state index in [1.54, 1.807) is 14.2 Å². The number of rotatable bonds is 8. The fourth-order valence-corrected chi connectivity index (χ4v) is 3.08. The molecule has 3 aromatic carbocycles. The molecule has 0 saturated heterocycles. The van der Waals surface area contributed by atoms with Gasteiger partial charge in [-0.3, -0.25) is 4.79 Å². The molecule has 1 N–H and O–H groups in total. The van der Waals surface area contributed by atoms with Crippen molar-refractivity contribution in [2.45, 2.75) is 19.8 Å². The minimum Gasteiger partial charge on any atom is -0.493 e. The van der Waals surface area contributed by atoms with Crippen LogP contribution in [0.1, 0.15) is 17.5 Å². The Hall–Kier alpha value is -3.47. The first-order valence-corrected chi connectivity index (χ1v) is 9.44. The average molecular weight is 391 g/mol. The van der Waals surface area contributed by atoms with Gasteiger partial charge in [-0.05, 0) is 54.8 Å². The lowest BCUT2D eigenvalue weighted by molar-refractivity contribution is -0.116. The van der Waals surface area contributed by atoms with Crippen LogP contribution in [-0.2, 0) is 11.2 Å². The van der Waals surface area contributed by atoms with Gasteiger partial charge >= 0.3 is 0 Å². The SMILES string of the molecule is COc1cccc(CCC(=O)Nc2ccccc2Oc2cccc(C)c2)c1OC. The van der Waals surface area contributed by atoms with Crippen molar-refractivity contribution in [1.29, 1.82) is 0 Å². The highest BCUT2D eigenvalue weighted by atomic mass is 16.5. The number of hydrogen-bond acceptors (Lipinski definition) is 4. The zero-order valence-electron chi connectivity index (χ0n) is 16.9. The lowest BCUT2D eigenvalue weighted by Gasteiger charge is -2.14. The molecule has 3 rings (SSSR count). The summed E-state index contributed by atoms with van der Waals surface area (Å²) in [4.78, 5) is 12.6. The van der Waals surface area contributed by atoms with E-state index < -0.39 is 0 Å². The Morgan fingerprint density at radius 2 is 1.66 bits per heavy atom. The van der Waals surface area contributed by atoms with Crippen molar-refractivity contribution < 1.29 is 19.0 Å². The van der Waals surface area contributed by atoms with Gasteiger partial charge in [0.2, 0.25) is 5.91 Å². The van der Waals surface area contributed by atoms with Crippen molar-refractivity contribution in [2.24, 2.45) is 0 Å². The second-order valence-electron chi connectivity index (χ2n) is 6.62. The smallest absolute Gasteiger partial charge is 0.224 e. The van der Waals surface area contributed by atoms with Crippen LogP contribution in [0.2, 0.25) is 0 Å². The predicted molar refractivity (Wildman–Crippen MR) is 114 cm³/mol. The number of nitrogens with one attached hydrogen (secondary N) is 1. The topological polar surface area (TPSA) is 56.8 Å². The van der Waals surface area contributed by atoms with E-state index in [0.717, 1.165) is 16.9 Å². The van der Waals surface area contributed by atoms with E-state index in [2.05, 4.69) is 5.32 Å². The first-order valence-electron chi connectivity index (χ1n) is 9.44. The number of carbonyl (C=O) groups excluding carboxylic acids is 1. The van der Waals surface area contributed by atoms with Crippen molar-refractivity contribution in [1.82, 2.24) is 0 Å². The molecule has 0 unspecified atom stereocenters. The molecule has 5 heteroatoms. The normalized spacial score (nSPS) is 10.3. The number of amides is 1. The van der Waals surface area contributed by atoms with Gasteiger partial charge in [-0.2, -0.15) is 0 Å². The number of anilines is 1. The summed E-state index contributed by atoms with van der Waals surface area (Å²) in [6.45, 7) is 2.01. The lowest BCUT2D eigenvalue weighted by Crippen LogP contribution is -2.13. The van der Waals surface area contributed by atoms with E-state index in [1.807, 2.05) is 73.7 Å². The maximum Gasteiger partial charge on any atom is 0.224 e. The van der Waals surface area contributed by atoms with Crippen molar-refractivity contribution in [3.63, 3.8) is 0 Å². The summed E-state index contributed by atoms with van der Waals surface area (Å²) in [7, 11) is 3.19. The largest absolute Gasteiger partial charge is 0.493 e. The van der Waals surface area contributed by atoms with Crippen LogP contribution in [0.15, 0.2) is 66.7 Å². The summed E-state index contributed by atoms with van der Waals surface area (Å²) in [6.07, 6.45) is 0.843. The number of methoxy groups -OCH3 is 2. The molecule has 0 aliphatic heterocycles. The van der Waals surface area contributed by atoms with Crippen LogP contribution in [0, 0.1) is 6.92 Å². The summed E-state index contributed by atoms with van der Waals surface area (Å²) >= 11 is 0. The third-order valence-corrected chi connectivity index (χ3v) is 4.48. The van der Waals surface area contributed by atoms with Crippen molar-refractivity contribution in [3.05, 3.63) is 77.9 Å². The maximum atomic E-state index is 12.6. The molecule has 5 nitrogen and oxygen atoms in total. The minimum atomic E-state index is -0.102. The molecule has 0 saturated carbocycles. The third-order valence-electron chi connectivity index (χ3n) is 4.48. The standard InChI is InChI=1S/C24H25NO4/c1-17-8-6-10-19(16-17)29-21-12-5-4-11-20(21)25-23(26)15-14-18-9-7-13-22(27-2)24(18)28-3/h4-13,16H,14-15H2,1-3H3,(H,25,26). The average Bonchev–Trinajstić information content (AvgIpc) is 2.73. The summed E-state index contributed by atoms with van der Waals surface area (Å²) in [5.41, 5.74) is 2.67. The zero-order chi connectivity index (χ0) is 20.6. The molecule has 0 radical (unpaired) electrons. The first-order chi connectivity index (χ1) is 14.1. The molecule has 0 atom stereocenters. The highest BCUT2D eigenvalue weighted by Crippen LogP contribution is 2.32. The number of hydrogen-bond donors (Lipinski definition) is 1. The third kappa shape index (κ3) is 5.29. The van der Waals surface area contributed by atoms with Gasteiger partial charge in [0.05, 0.1) is 19.9 Å². The van der Waals surface area contributed by atoms with Crippen molar-refractivity contribution >= 4 is 11.6 Å². The molecule has 150 valence electrons. The van der Waals surface area contributed by atoms with E-state index >= 15 is 0 Å². The van der Waals surface area contributed by atoms with Gasteiger partial charge in [0, 0.05) is 6.42 Å². The zero-order valence-corrected chi connectivity index (χ0v) is 16.9. The highest BCUT2D eigenvalue weighted by Gasteiger charge is 2.13. The molecule has 0 heterocycles. The molecule has 1 amide bonds. The van der Waals surface area contributed by atoms with Gasteiger partial charge in [0.15, 0.2) is 17.2 Å². The predicted octanol–water partition coefficient (Wildman–Crippen LogP) is 5.38. The van der Waals surface area contributed by atoms with Crippen molar-refractivity contribution in [3.8, 4) is 23.0 Å². The molecule has 3 aromatic rings. The van der Waals surface area contributed by atoms with Gasteiger partial charge in [-0.1, -0.05) is 36.4 Å². The Kier molecular flexibility index (Phi) is 6.74. The Morgan fingerprint density at radius 3 is 2.41 bits per heavy atom. The van der Waals surface area contributed by atoms with Gasteiger partial charge < -0.3 is 19.5 Å². The number of para-hydroxylation sites is 3. The van der Waals surface area contributed by atoms with Crippen LogP contribution < -0.4 is 19.5 Å². The van der Waals surface area contributed by atoms with Crippen LogP contribution in [0.4, 0.5) is 5.69 Å². The van der Waals surface area contributed by atoms with E-state index in [4.69, 9.17) is 14.2 Å². The van der Waals surface area contributed by atoms with Crippen LogP contribution >= 0.6 is 0 Å². The number of aryl methyl sites for hydroxylation is 2. The first kappa shape index (κ1) is 20.3. The van der Waals surface area contributed by atoms with E-state index in [1.165, 1.54) is 0 Å². The molecule has 0 spiro atoms. The monoisotopic (exact) mass is 391 g/mol. The Labute approximate surface area is 171 Å². The van der Waals surface area contributed by atoms with Crippen LogP contribution in [0.25, 0.3) is 0 Å². The molecular weight excluding hydrogens is 366 g/mol.